The van der Waals surface area contributed by atoms with Crippen molar-refractivity contribution in [1.29, 1.82) is 0 Å². The summed E-state index contributed by atoms with van der Waals surface area (Å²) in [5.74, 6) is 0.624. The maximum atomic E-state index is 12.6. The lowest BCUT2D eigenvalue weighted by Gasteiger charge is -2.26. The molecule has 1 atom stereocenters. The first-order valence-corrected chi connectivity index (χ1v) is 7.36. The molecule has 0 spiro atoms. The van der Waals surface area contributed by atoms with Gasteiger partial charge in [0, 0.05) is 0 Å². The van der Waals surface area contributed by atoms with Gasteiger partial charge in [-0.2, -0.15) is 13.2 Å². The molecule has 1 aromatic carbocycles. The predicted molar refractivity (Wildman–Crippen MR) is 70.4 cm³/mol. The summed E-state index contributed by atoms with van der Waals surface area (Å²) in [6.45, 7) is -0.388. The van der Waals surface area contributed by atoms with Gasteiger partial charge in [0.05, 0.1) is 5.75 Å². The molecule has 0 aromatic heterocycles. The lowest BCUT2D eigenvalue weighted by molar-refractivity contribution is -0.159. The fraction of sp³-hybridized carbons (Fsp3) is 0.462. The number of nitrogens with zero attached hydrogens (tertiary/aromatic N) is 1. The van der Waals surface area contributed by atoms with E-state index in [1.165, 1.54) is 11.8 Å². The maximum absolute atomic E-state index is 12.6. The zero-order valence-electron chi connectivity index (χ0n) is 10.9. The standard InChI is InChI=1S/C13H12F3NO3S/c14-13(15,16)7-17-11(18)6-21-12(17)8-1-2-9-10(5-8)20-4-3-19-9/h1-2,5,12H,3-4,6-7H2. The SMILES string of the molecule is O=C1CSC(c2ccc3c(c2)OCCO3)N1CC(F)(F)F. The number of carbonyl (C=O) groups excluding carboxylic acids is 1. The molecule has 3 rings (SSSR count). The van der Waals surface area contributed by atoms with E-state index in [1.807, 2.05) is 0 Å². The zero-order chi connectivity index (χ0) is 15.0. The summed E-state index contributed by atoms with van der Waals surface area (Å²) in [5, 5.41) is -0.644. The number of amides is 1. The monoisotopic (exact) mass is 319 g/mol. The second-order valence-corrected chi connectivity index (χ2v) is 5.77. The van der Waals surface area contributed by atoms with Gasteiger partial charge in [-0.05, 0) is 17.7 Å². The van der Waals surface area contributed by atoms with Crippen LogP contribution in [0.1, 0.15) is 10.9 Å². The van der Waals surface area contributed by atoms with Crippen molar-refractivity contribution >= 4 is 17.7 Å². The molecule has 1 fully saturated rings. The molecule has 1 saturated heterocycles. The first-order valence-electron chi connectivity index (χ1n) is 6.31. The fourth-order valence-electron chi connectivity index (χ4n) is 2.31. The molecule has 2 aliphatic heterocycles. The first kappa shape index (κ1) is 14.4. The Kier molecular flexibility index (Phi) is 3.64. The Morgan fingerprint density at radius 1 is 1.24 bits per heavy atom. The molecule has 1 aromatic rings. The number of benzene rings is 1. The number of alkyl halides is 3. The van der Waals surface area contributed by atoms with E-state index in [0.29, 0.717) is 30.3 Å². The fourth-order valence-corrected chi connectivity index (χ4v) is 3.49. The molecule has 2 heterocycles. The number of carbonyl (C=O) groups is 1. The Morgan fingerprint density at radius 3 is 2.67 bits per heavy atom. The van der Waals surface area contributed by atoms with Crippen LogP contribution in [0.4, 0.5) is 13.2 Å². The van der Waals surface area contributed by atoms with Crippen LogP contribution >= 0.6 is 11.8 Å². The van der Waals surface area contributed by atoms with Gasteiger partial charge in [0.15, 0.2) is 11.5 Å². The molecule has 2 aliphatic rings. The third-order valence-corrected chi connectivity index (χ3v) is 4.43. The number of thioether (sulfide) groups is 1. The minimum Gasteiger partial charge on any atom is -0.486 e. The summed E-state index contributed by atoms with van der Waals surface area (Å²) < 4.78 is 48.6. The highest BCUT2D eigenvalue weighted by Gasteiger charge is 2.41. The molecule has 0 N–H and O–H groups in total. The zero-order valence-corrected chi connectivity index (χ0v) is 11.7. The molecule has 4 nitrogen and oxygen atoms in total. The highest BCUT2D eigenvalue weighted by molar-refractivity contribution is 8.00. The highest BCUT2D eigenvalue weighted by atomic mass is 32.2. The van der Waals surface area contributed by atoms with Crippen molar-refractivity contribution in [2.75, 3.05) is 25.5 Å². The molecule has 1 unspecified atom stereocenters. The van der Waals surface area contributed by atoms with Crippen molar-refractivity contribution in [1.82, 2.24) is 4.90 Å². The van der Waals surface area contributed by atoms with Gasteiger partial charge in [0.25, 0.3) is 0 Å². The molecule has 21 heavy (non-hydrogen) atoms. The number of hydrogen-bond donors (Lipinski definition) is 0. The molecule has 0 radical (unpaired) electrons. The molecule has 8 heteroatoms. The van der Waals surface area contributed by atoms with Crippen molar-refractivity contribution < 1.29 is 27.4 Å². The topological polar surface area (TPSA) is 38.8 Å². The summed E-state index contributed by atoms with van der Waals surface area (Å²) in [6, 6.07) is 4.99. The second-order valence-electron chi connectivity index (χ2n) is 4.70. The lowest BCUT2D eigenvalue weighted by atomic mass is 10.1. The van der Waals surface area contributed by atoms with Crippen molar-refractivity contribution in [2.24, 2.45) is 0 Å². The van der Waals surface area contributed by atoms with E-state index in [-0.39, 0.29) is 5.75 Å². The van der Waals surface area contributed by atoms with Crippen molar-refractivity contribution in [3.8, 4) is 11.5 Å². The van der Waals surface area contributed by atoms with Gasteiger partial charge in [-0.15, -0.1) is 11.8 Å². The minimum atomic E-state index is -4.41. The van der Waals surface area contributed by atoms with E-state index in [0.717, 1.165) is 4.90 Å². The summed E-state index contributed by atoms with van der Waals surface area (Å²) >= 11 is 1.18. The number of halogens is 3. The molecular weight excluding hydrogens is 307 g/mol. The molecular formula is C13H12F3NO3S. The summed E-state index contributed by atoms with van der Waals surface area (Å²) in [5.41, 5.74) is 0.611. The Morgan fingerprint density at radius 2 is 1.95 bits per heavy atom. The van der Waals surface area contributed by atoms with E-state index in [1.54, 1.807) is 18.2 Å². The summed E-state index contributed by atoms with van der Waals surface area (Å²) in [4.78, 5) is 12.5. The van der Waals surface area contributed by atoms with Crippen molar-refractivity contribution in [2.45, 2.75) is 11.6 Å². The van der Waals surface area contributed by atoms with Crippen LogP contribution in [0.3, 0.4) is 0 Å². The Hall–Kier alpha value is -1.57. The Bertz CT molecular complexity index is 564. The van der Waals surface area contributed by atoms with Gasteiger partial charge < -0.3 is 14.4 Å². The molecule has 1 amide bonds. The second kappa shape index (κ2) is 5.32. The summed E-state index contributed by atoms with van der Waals surface area (Å²) in [7, 11) is 0. The van der Waals surface area contributed by atoms with Crippen LogP contribution in [0.2, 0.25) is 0 Å². The lowest BCUT2D eigenvalue weighted by Crippen LogP contribution is -2.37. The van der Waals surface area contributed by atoms with Crippen LogP contribution in [0.25, 0.3) is 0 Å². The normalized spacial score (nSPS) is 21.8. The van der Waals surface area contributed by atoms with E-state index >= 15 is 0 Å². The third-order valence-electron chi connectivity index (χ3n) is 3.17. The maximum Gasteiger partial charge on any atom is 0.406 e. The summed E-state index contributed by atoms with van der Waals surface area (Å²) in [6.07, 6.45) is -4.41. The van der Waals surface area contributed by atoms with Gasteiger partial charge in [-0.25, -0.2) is 0 Å². The van der Waals surface area contributed by atoms with Gasteiger partial charge in [-0.1, -0.05) is 6.07 Å². The molecule has 0 bridgehead atoms. The van der Waals surface area contributed by atoms with E-state index in [2.05, 4.69) is 0 Å². The van der Waals surface area contributed by atoms with Gasteiger partial charge in [-0.3, -0.25) is 4.79 Å². The van der Waals surface area contributed by atoms with Crippen LogP contribution in [-0.2, 0) is 4.79 Å². The average molecular weight is 319 g/mol. The largest absolute Gasteiger partial charge is 0.486 e. The third kappa shape index (κ3) is 3.04. The quantitative estimate of drug-likeness (QED) is 0.840. The number of ether oxygens (including phenoxy) is 2. The number of fused-ring (bicyclic) bond motifs is 1. The minimum absolute atomic E-state index is 0.0508. The van der Waals surface area contributed by atoms with Gasteiger partial charge >= 0.3 is 6.18 Å². The van der Waals surface area contributed by atoms with Crippen LogP contribution in [0.15, 0.2) is 18.2 Å². The highest BCUT2D eigenvalue weighted by Crippen LogP contribution is 2.43. The van der Waals surface area contributed by atoms with E-state index in [9.17, 15) is 18.0 Å². The Labute approximate surface area is 123 Å². The van der Waals surface area contributed by atoms with E-state index in [4.69, 9.17) is 9.47 Å². The Balaban J connectivity index is 1.86. The van der Waals surface area contributed by atoms with Crippen molar-refractivity contribution in [3.05, 3.63) is 23.8 Å². The smallest absolute Gasteiger partial charge is 0.406 e. The molecule has 114 valence electrons. The number of rotatable bonds is 2. The van der Waals surface area contributed by atoms with Crippen LogP contribution in [-0.4, -0.2) is 42.5 Å². The van der Waals surface area contributed by atoms with Crippen LogP contribution in [0, 0.1) is 0 Å². The van der Waals surface area contributed by atoms with Crippen molar-refractivity contribution in [3.63, 3.8) is 0 Å². The van der Waals surface area contributed by atoms with Gasteiger partial charge in [0.1, 0.15) is 25.1 Å². The average Bonchev–Trinajstić information content (AvgIpc) is 2.78. The van der Waals surface area contributed by atoms with E-state index < -0.39 is 24.0 Å². The first-order chi connectivity index (χ1) is 9.94. The predicted octanol–water partition coefficient (Wildman–Crippen LogP) is 2.59. The van der Waals surface area contributed by atoms with Gasteiger partial charge in [0.2, 0.25) is 5.91 Å². The molecule has 0 saturated carbocycles. The van der Waals surface area contributed by atoms with Crippen LogP contribution < -0.4 is 9.47 Å². The number of hydrogen-bond acceptors (Lipinski definition) is 4. The van der Waals surface area contributed by atoms with Crippen LogP contribution in [0.5, 0.6) is 11.5 Å². The molecule has 0 aliphatic carbocycles.